The van der Waals surface area contributed by atoms with E-state index in [4.69, 9.17) is 0 Å². The average Bonchev–Trinajstić information content (AvgIpc) is 2.37. The third kappa shape index (κ3) is 2.70. The predicted octanol–water partition coefficient (Wildman–Crippen LogP) is 2.70. The highest BCUT2D eigenvalue weighted by Gasteiger charge is 2.28. The van der Waals surface area contributed by atoms with Gasteiger partial charge in [-0.25, -0.2) is 8.78 Å². The Hall–Kier alpha value is -1.00. The molecule has 1 saturated heterocycles. The average molecular weight is 255 g/mol. The number of nitrogens with zero attached hydrogens (tertiary/aromatic N) is 1. The molecular weight excluding hydrogens is 236 g/mol. The van der Waals surface area contributed by atoms with Crippen LogP contribution in [0.4, 0.5) is 8.78 Å². The summed E-state index contributed by atoms with van der Waals surface area (Å²) in [6.45, 7) is 2.50. The number of rotatable bonds is 3. The second-order valence-electron chi connectivity index (χ2n) is 5.00. The summed E-state index contributed by atoms with van der Waals surface area (Å²) in [6, 6.07) is 4.60. The first-order valence-electron chi connectivity index (χ1n) is 6.43. The first-order chi connectivity index (χ1) is 8.63. The molecule has 1 aromatic carbocycles. The van der Waals surface area contributed by atoms with Crippen LogP contribution in [0.5, 0.6) is 0 Å². The number of hydrogen-bond donors (Lipinski definition) is 1. The summed E-state index contributed by atoms with van der Waals surface area (Å²) in [7, 11) is 0. The van der Waals surface area contributed by atoms with Crippen LogP contribution in [0.1, 0.15) is 31.7 Å². The molecule has 1 aliphatic heterocycles. The Balaban J connectivity index is 2.17. The zero-order chi connectivity index (χ0) is 13.1. The third-order valence-corrected chi connectivity index (χ3v) is 3.79. The summed E-state index contributed by atoms with van der Waals surface area (Å²) >= 11 is 0. The molecule has 4 heteroatoms. The topological polar surface area (TPSA) is 23.5 Å². The summed E-state index contributed by atoms with van der Waals surface area (Å²) < 4.78 is 26.8. The van der Waals surface area contributed by atoms with Crippen molar-refractivity contribution in [2.45, 2.75) is 44.8 Å². The molecule has 1 fully saturated rings. The van der Waals surface area contributed by atoms with E-state index >= 15 is 0 Å². The fourth-order valence-electron chi connectivity index (χ4n) is 2.69. The van der Waals surface area contributed by atoms with Crippen molar-refractivity contribution in [3.05, 3.63) is 35.4 Å². The predicted molar refractivity (Wildman–Crippen MR) is 66.1 cm³/mol. The van der Waals surface area contributed by atoms with Crippen LogP contribution in [0, 0.1) is 11.6 Å². The smallest absolute Gasteiger partial charge is 0.163 e. The molecule has 2 atom stereocenters. The van der Waals surface area contributed by atoms with Gasteiger partial charge in [-0.2, -0.15) is 0 Å². The zero-order valence-corrected chi connectivity index (χ0v) is 10.6. The van der Waals surface area contributed by atoms with E-state index in [0.717, 1.165) is 25.3 Å². The van der Waals surface area contributed by atoms with E-state index in [2.05, 4.69) is 11.8 Å². The van der Waals surface area contributed by atoms with Crippen LogP contribution >= 0.6 is 0 Å². The highest BCUT2D eigenvalue weighted by atomic mass is 19.2. The molecule has 0 radical (unpaired) electrons. The quantitative estimate of drug-likeness (QED) is 0.897. The van der Waals surface area contributed by atoms with Crippen LogP contribution in [0.15, 0.2) is 18.2 Å². The number of hydrogen-bond acceptors (Lipinski definition) is 2. The number of likely N-dealkylation sites (tertiary alicyclic amines) is 1. The van der Waals surface area contributed by atoms with E-state index in [1.807, 2.05) is 0 Å². The van der Waals surface area contributed by atoms with Crippen molar-refractivity contribution in [2.24, 2.45) is 0 Å². The van der Waals surface area contributed by atoms with E-state index in [9.17, 15) is 13.9 Å². The summed E-state index contributed by atoms with van der Waals surface area (Å²) in [6.07, 6.45) is 3.03. The molecule has 0 spiro atoms. The second-order valence-corrected chi connectivity index (χ2v) is 5.00. The van der Waals surface area contributed by atoms with Gasteiger partial charge in [-0.1, -0.05) is 18.6 Å². The lowest BCUT2D eigenvalue weighted by Gasteiger charge is -2.40. The maximum Gasteiger partial charge on any atom is 0.163 e. The molecule has 0 saturated carbocycles. The molecule has 1 aliphatic rings. The van der Waals surface area contributed by atoms with Gasteiger partial charge in [0.05, 0.1) is 6.61 Å². The molecule has 0 aromatic heterocycles. The van der Waals surface area contributed by atoms with Gasteiger partial charge in [-0.15, -0.1) is 0 Å². The van der Waals surface area contributed by atoms with Crippen molar-refractivity contribution in [1.82, 2.24) is 4.90 Å². The SMILES string of the molecule is CC1CCCC(CO)N1Cc1cccc(F)c1F. The van der Waals surface area contributed by atoms with Gasteiger partial charge in [0.25, 0.3) is 0 Å². The van der Waals surface area contributed by atoms with Crippen LogP contribution in [0.3, 0.4) is 0 Å². The Labute approximate surface area is 106 Å². The lowest BCUT2D eigenvalue weighted by Crippen LogP contribution is -2.46. The molecule has 18 heavy (non-hydrogen) atoms. The molecule has 1 aromatic rings. The third-order valence-electron chi connectivity index (χ3n) is 3.79. The normalized spacial score (nSPS) is 25.3. The van der Waals surface area contributed by atoms with Gasteiger partial charge in [0, 0.05) is 24.2 Å². The van der Waals surface area contributed by atoms with Crippen molar-refractivity contribution < 1.29 is 13.9 Å². The van der Waals surface area contributed by atoms with E-state index < -0.39 is 11.6 Å². The molecule has 2 unspecified atom stereocenters. The van der Waals surface area contributed by atoms with Crippen LogP contribution in [0.2, 0.25) is 0 Å². The van der Waals surface area contributed by atoms with Gasteiger partial charge >= 0.3 is 0 Å². The molecule has 0 amide bonds. The minimum atomic E-state index is -0.808. The van der Waals surface area contributed by atoms with Crippen molar-refractivity contribution in [3.63, 3.8) is 0 Å². The maximum atomic E-state index is 13.7. The second kappa shape index (κ2) is 5.76. The zero-order valence-electron chi connectivity index (χ0n) is 10.6. The molecule has 1 heterocycles. The van der Waals surface area contributed by atoms with Crippen molar-refractivity contribution in [1.29, 1.82) is 0 Å². The molecule has 1 N–H and O–H groups in total. The summed E-state index contributed by atoms with van der Waals surface area (Å²) in [5.74, 6) is -1.58. The molecule has 2 rings (SSSR count). The van der Waals surface area contributed by atoms with E-state index in [1.54, 1.807) is 6.07 Å². The Morgan fingerprint density at radius 3 is 2.83 bits per heavy atom. The highest BCUT2D eigenvalue weighted by Crippen LogP contribution is 2.25. The fourth-order valence-corrected chi connectivity index (χ4v) is 2.69. The number of piperidine rings is 1. The van der Waals surface area contributed by atoms with E-state index in [-0.39, 0.29) is 12.6 Å². The van der Waals surface area contributed by atoms with Gasteiger partial charge in [0.15, 0.2) is 11.6 Å². The molecule has 100 valence electrons. The standard InChI is InChI=1S/C14H19F2NO/c1-10-4-2-6-12(9-18)17(10)8-11-5-3-7-13(15)14(11)16/h3,5,7,10,12,18H,2,4,6,8-9H2,1H3. The van der Waals surface area contributed by atoms with Crippen LogP contribution < -0.4 is 0 Å². The first-order valence-corrected chi connectivity index (χ1v) is 6.43. The Morgan fingerprint density at radius 1 is 1.33 bits per heavy atom. The molecule has 2 nitrogen and oxygen atoms in total. The number of aliphatic hydroxyl groups is 1. The van der Waals surface area contributed by atoms with Gasteiger partial charge in [0.1, 0.15) is 0 Å². The van der Waals surface area contributed by atoms with Gasteiger partial charge < -0.3 is 5.11 Å². The van der Waals surface area contributed by atoms with Crippen LogP contribution in [-0.4, -0.2) is 28.7 Å². The van der Waals surface area contributed by atoms with Crippen LogP contribution in [-0.2, 0) is 6.54 Å². The monoisotopic (exact) mass is 255 g/mol. The lowest BCUT2D eigenvalue weighted by atomic mass is 9.96. The summed E-state index contributed by atoms with van der Waals surface area (Å²) in [4.78, 5) is 2.07. The van der Waals surface area contributed by atoms with E-state index in [0.29, 0.717) is 18.2 Å². The first kappa shape index (κ1) is 13.4. The summed E-state index contributed by atoms with van der Waals surface area (Å²) in [5, 5.41) is 9.37. The molecule has 0 bridgehead atoms. The fraction of sp³-hybridized carbons (Fsp3) is 0.571. The van der Waals surface area contributed by atoms with Crippen molar-refractivity contribution in [2.75, 3.05) is 6.61 Å². The highest BCUT2D eigenvalue weighted by molar-refractivity contribution is 5.19. The minimum absolute atomic E-state index is 0.0522. The lowest BCUT2D eigenvalue weighted by molar-refractivity contribution is 0.0442. The summed E-state index contributed by atoms with van der Waals surface area (Å²) in [5.41, 5.74) is 0.363. The van der Waals surface area contributed by atoms with E-state index in [1.165, 1.54) is 6.07 Å². The van der Waals surface area contributed by atoms with Crippen molar-refractivity contribution >= 4 is 0 Å². The maximum absolute atomic E-state index is 13.7. The minimum Gasteiger partial charge on any atom is -0.395 e. The Kier molecular flexibility index (Phi) is 4.30. The van der Waals surface area contributed by atoms with Gasteiger partial charge in [0.2, 0.25) is 0 Å². The Morgan fingerprint density at radius 2 is 2.11 bits per heavy atom. The van der Waals surface area contributed by atoms with Gasteiger partial charge in [-0.3, -0.25) is 4.90 Å². The Bertz CT molecular complexity index is 411. The largest absolute Gasteiger partial charge is 0.395 e. The number of aliphatic hydroxyl groups excluding tert-OH is 1. The van der Waals surface area contributed by atoms with Gasteiger partial charge in [-0.05, 0) is 25.8 Å². The van der Waals surface area contributed by atoms with Crippen LogP contribution in [0.25, 0.3) is 0 Å². The molecule has 0 aliphatic carbocycles. The van der Waals surface area contributed by atoms with Crippen molar-refractivity contribution in [3.8, 4) is 0 Å². The number of benzene rings is 1. The molecular formula is C14H19F2NO. The number of halogens is 2.